The minimum absolute atomic E-state index is 0.140. The van der Waals surface area contributed by atoms with Crippen LogP contribution in [0, 0.1) is 26.2 Å². The lowest BCUT2D eigenvalue weighted by molar-refractivity contribution is 0.203. The highest BCUT2D eigenvalue weighted by Gasteiger charge is 2.12. The van der Waals surface area contributed by atoms with E-state index in [1.807, 2.05) is 26.8 Å². The van der Waals surface area contributed by atoms with E-state index in [1.165, 1.54) is 7.05 Å². The first-order chi connectivity index (χ1) is 8.47. The van der Waals surface area contributed by atoms with Crippen LogP contribution in [-0.2, 0) is 0 Å². The minimum atomic E-state index is -0.503. The molecule has 1 aromatic carbocycles. The number of benzene rings is 1. The standard InChI is InChI=1S/C14H18N2O2/c1-6-11(4)16-13-10(3)7-9(2)8-12(13)18-14(17)15-5/h1,7-8,11,16H,2-5H3,(H,15,17). The molecule has 0 spiro atoms. The molecule has 1 amide bonds. The number of aryl methyl sites for hydroxylation is 2. The average Bonchev–Trinajstić information content (AvgIpc) is 2.32. The van der Waals surface area contributed by atoms with Crippen molar-refractivity contribution in [1.82, 2.24) is 5.32 Å². The fourth-order valence-corrected chi connectivity index (χ4v) is 1.60. The maximum Gasteiger partial charge on any atom is 0.412 e. The number of terminal acetylenes is 1. The molecule has 0 bridgehead atoms. The molecule has 0 saturated carbocycles. The molecule has 4 heteroatoms. The lowest BCUT2D eigenvalue weighted by atomic mass is 10.1. The number of hydrogen-bond donors (Lipinski definition) is 2. The quantitative estimate of drug-likeness (QED) is 0.805. The molecule has 0 aliphatic heterocycles. The first kappa shape index (κ1) is 13.9. The van der Waals surface area contributed by atoms with Crippen molar-refractivity contribution >= 4 is 11.8 Å². The van der Waals surface area contributed by atoms with Gasteiger partial charge in [0, 0.05) is 7.05 Å². The third-order valence-electron chi connectivity index (χ3n) is 2.46. The fourth-order valence-electron chi connectivity index (χ4n) is 1.60. The third kappa shape index (κ3) is 3.42. The van der Waals surface area contributed by atoms with Crippen molar-refractivity contribution in [3.05, 3.63) is 23.3 Å². The Morgan fingerprint density at radius 3 is 2.67 bits per heavy atom. The molecule has 0 radical (unpaired) electrons. The number of anilines is 1. The predicted molar refractivity (Wildman–Crippen MR) is 72.9 cm³/mol. The summed E-state index contributed by atoms with van der Waals surface area (Å²) in [5, 5.41) is 5.56. The Bertz CT molecular complexity index is 489. The van der Waals surface area contributed by atoms with E-state index < -0.39 is 6.09 Å². The highest BCUT2D eigenvalue weighted by molar-refractivity contribution is 5.74. The van der Waals surface area contributed by atoms with Crippen molar-refractivity contribution in [1.29, 1.82) is 0 Å². The zero-order valence-corrected chi connectivity index (χ0v) is 11.1. The van der Waals surface area contributed by atoms with Gasteiger partial charge in [0.15, 0.2) is 5.75 Å². The zero-order valence-electron chi connectivity index (χ0n) is 11.1. The smallest absolute Gasteiger partial charge is 0.408 e. The van der Waals surface area contributed by atoms with Gasteiger partial charge in [-0.3, -0.25) is 0 Å². The molecule has 4 nitrogen and oxygen atoms in total. The fraction of sp³-hybridized carbons (Fsp3) is 0.357. The molecule has 1 atom stereocenters. The molecule has 1 aromatic rings. The third-order valence-corrected chi connectivity index (χ3v) is 2.46. The molecule has 0 aromatic heterocycles. The molecule has 2 N–H and O–H groups in total. The van der Waals surface area contributed by atoms with E-state index in [4.69, 9.17) is 11.2 Å². The summed E-state index contributed by atoms with van der Waals surface area (Å²) >= 11 is 0. The van der Waals surface area contributed by atoms with Crippen molar-refractivity contribution in [2.24, 2.45) is 0 Å². The van der Waals surface area contributed by atoms with Crippen molar-refractivity contribution in [2.45, 2.75) is 26.8 Å². The van der Waals surface area contributed by atoms with Crippen LogP contribution < -0.4 is 15.4 Å². The summed E-state index contributed by atoms with van der Waals surface area (Å²) < 4.78 is 5.22. The topological polar surface area (TPSA) is 50.4 Å². The van der Waals surface area contributed by atoms with E-state index in [0.29, 0.717) is 5.75 Å². The predicted octanol–water partition coefficient (Wildman–Crippen LogP) is 2.46. The molecule has 1 unspecified atom stereocenters. The molecule has 0 fully saturated rings. The second kappa shape index (κ2) is 5.97. The summed E-state index contributed by atoms with van der Waals surface area (Å²) in [4.78, 5) is 11.3. The summed E-state index contributed by atoms with van der Waals surface area (Å²) in [7, 11) is 1.52. The average molecular weight is 246 g/mol. The number of carbonyl (C=O) groups is 1. The van der Waals surface area contributed by atoms with Crippen molar-refractivity contribution in [2.75, 3.05) is 12.4 Å². The number of hydrogen-bond acceptors (Lipinski definition) is 3. The normalized spacial score (nSPS) is 11.3. The van der Waals surface area contributed by atoms with Crippen LogP contribution in [0.5, 0.6) is 5.75 Å². The first-order valence-corrected chi connectivity index (χ1v) is 5.71. The van der Waals surface area contributed by atoms with Crippen LogP contribution in [0.15, 0.2) is 12.1 Å². The Labute approximate surface area is 108 Å². The van der Waals surface area contributed by atoms with Crippen molar-refractivity contribution in [3.63, 3.8) is 0 Å². The molecule has 0 aliphatic rings. The Hall–Kier alpha value is -2.15. The molecule has 0 aliphatic carbocycles. The van der Waals surface area contributed by atoms with Gasteiger partial charge in [0.25, 0.3) is 0 Å². The van der Waals surface area contributed by atoms with E-state index in [9.17, 15) is 4.79 Å². The van der Waals surface area contributed by atoms with Crippen LogP contribution in [0.2, 0.25) is 0 Å². The number of ether oxygens (including phenoxy) is 1. The van der Waals surface area contributed by atoms with Gasteiger partial charge >= 0.3 is 6.09 Å². The summed E-state index contributed by atoms with van der Waals surface area (Å²) in [6.45, 7) is 5.75. The Kier molecular flexibility index (Phi) is 4.61. The molecular formula is C14H18N2O2. The Morgan fingerprint density at radius 2 is 2.11 bits per heavy atom. The van der Waals surface area contributed by atoms with Crippen LogP contribution in [0.25, 0.3) is 0 Å². The zero-order chi connectivity index (χ0) is 13.7. The lowest BCUT2D eigenvalue weighted by Crippen LogP contribution is -2.23. The number of amides is 1. The van der Waals surface area contributed by atoms with E-state index in [2.05, 4.69) is 16.6 Å². The molecular weight excluding hydrogens is 228 g/mol. The number of carbonyl (C=O) groups excluding carboxylic acids is 1. The van der Waals surface area contributed by atoms with Crippen molar-refractivity contribution < 1.29 is 9.53 Å². The minimum Gasteiger partial charge on any atom is -0.408 e. The van der Waals surface area contributed by atoms with Gasteiger partial charge in [-0.05, 0) is 38.0 Å². The van der Waals surface area contributed by atoms with Gasteiger partial charge in [-0.1, -0.05) is 12.0 Å². The van der Waals surface area contributed by atoms with E-state index in [0.717, 1.165) is 16.8 Å². The van der Waals surface area contributed by atoms with Gasteiger partial charge in [-0.15, -0.1) is 6.42 Å². The van der Waals surface area contributed by atoms with Crippen LogP contribution in [0.3, 0.4) is 0 Å². The number of nitrogens with one attached hydrogen (secondary N) is 2. The molecule has 0 saturated heterocycles. The molecule has 18 heavy (non-hydrogen) atoms. The molecule has 1 rings (SSSR count). The van der Waals surface area contributed by atoms with Gasteiger partial charge in [0.2, 0.25) is 0 Å². The van der Waals surface area contributed by atoms with Gasteiger partial charge in [0.1, 0.15) is 0 Å². The SMILES string of the molecule is C#CC(C)Nc1c(C)cc(C)cc1OC(=O)NC. The summed E-state index contributed by atoms with van der Waals surface area (Å²) in [6, 6.07) is 3.66. The van der Waals surface area contributed by atoms with Gasteiger partial charge < -0.3 is 15.4 Å². The van der Waals surface area contributed by atoms with Crippen LogP contribution >= 0.6 is 0 Å². The summed E-state index contributed by atoms with van der Waals surface area (Å²) in [5.41, 5.74) is 2.75. The second-order valence-corrected chi connectivity index (χ2v) is 4.13. The lowest BCUT2D eigenvalue weighted by Gasteiger charge is -2.17. The maximum atomic E-state index is 11.3. The van der Waals surface area contributed by atoms with E-state index in [-0.39, 0.29) is 6.04 Å². The van der Waals surface area contributed by atoms with E-state index >= 15 is 0 Å². The van der Waals surface area contributed by atoms with Crippen molar-refractivity contribution in [3.8, 4) is 18.1 Å². The Morgan fingerprint density at radius 1 is 1.44 bits per heavy atom. The summed E-state index contributed by atoms with van der Waals surface area (Å²) in [6.07, 6.45) is 4.84. The van der Waals surface area contributed by atoms with Gasteiger partial charge in [0.05, 0.1) is 11.7 Å². The largest absolute Gasteiger partial charge is 0.412 e. The van der Waals surface area contributed by atoms with Gasteiger partial charge in [-0.2, -0.15) is 0 Å². The van der Waals surface area contributed by atoms with Crippen LogP contribution in [0.1, 0.15) is 18.1 Å². The number of rotatable bonds is 3. The molecule has 96 valence electrons. The highest BCUT2D eigenvalue weighted by atomic mass is 16.6. The summed E-state index contributed by atoms with van der Waals surface area (Å²) in [5.74, 6) is 3.06. The maximum absolute atomic E-state index is 11.3. The van der Waals surface area contributed by atoms with Crippen LogP contribution in [0.4, 0.5) is 10.5 Å². The van der Waals surface area contributed by atoms with Crippen LogP contribution in [-0.4, -0.2) is 19.2 Å². The molecule has 0 heterocycles. The highest BCUT2D eigenvalue weighted by Crippen LogP contribution is 2.30. The Balaban J connectivity index is 3.13. The first-order valence-electron chi connectivity index (χ1n) is 5.71. The van der Waals surface area contributed by atoms with Gasteiger partial charge in [-0.25, -0.2) is 4.79 Å². The second-order valence-electron chi connectivity index (χ2n) is 4.13. The van der Waals surface area contributed by atoms with E-state index in [1.54, 1.807) is 6.07 Å². The monoisotopic (exact) mass is 246 g/mol.